The summed E-state index contributed by atoms with van der Waals surface area (Å²) in [6, 6.07) is 14.2. The summed E-state index contributed by atoms with van der Waals surface area (Å²) >= 11 is 0. The number of sulfonamides is 1. The highest BCUT2D eigenvalue weighted by atomic mass is 32.2. The highest BCUT2D eigenvalue weighted by molar-refractivity contribution is 7.92. The predicted molar refractivity (Wildman–Crippen MR) is 114 cm³/mol. The lowest BCUT2D eigenvalue weighted by molar-refractivity contribution is 0.204. The fraction of sp³-hybridized carbons (Fsp3) is 0.364. The number of benzene rings is 2. The first-order valence-corrected chi connectivity index (χ1v) is 11.5. The summed E-state index contributed by atoms with van der Waals surface area (Å²) in [6.07, 6.45) is 5.96. The van der Waals surface area contributed by atoms with Gasteiger partial charge in [-0.05, 0) is 49.4 Å². The smallest absolute Gasteiger partial charge is 0.263 e. The first kappa shape index (κ1) is 19.6. The summed E-state index contributed by atoms with van der Waals surface area (Å²) in [6.45, 7) is 2.28. The van der Waals surface area contributed by atoms with Crippen molar-refractivity contribution in [2.45, 2.75) is 43.9 Å². The molecule has 1 aliphatic carbocycles. The van der Waals surface area contributed by atoms with Crippen molar-refractivity contribution in [3.8, 4) is 5.88 Å². The molecule has 2 aromatic carbocycles. The number of anilines is 1. The first-order chi connectivity index (χ1) is 14.0. The Balaban J connectivity index is 1.66. The number of hydrogen-bond donors (Lipinski definition) is 1. The van der Waals surface area contributed by atoms with Gasteiger partial charge >= 0.3 is 0 Å². The molecule has 0 aliphatic heterocycles. The van der Waals surface area contributed by atoms with E-state index in [0.717, 1.165) is 12.8 Å². The molecule has 1 N–H and O–H groups in total. The highest BCUT2D eigenvalue weighted by Gasteiger charge is 2.22. The topological polar surface area (TPSA) is 81.2 Å². The molecule has 1 heterocycles. The zero-order valence-corrected chi connectivity index (χ0v) is 17.3. The van der Waals surface area contributed by atoms with Crippen molar-refractivity contribution in [2.75, 3.05) is 11.3 Å². The number of nitrogens with zero attached hydrogens (tertiary/aromatic N) is 2. The molecule has 3 aromatic rings. The molecule has 1 aliphatic rings. The molecular weight excluding hydrogens is 386 g/mol. The lowest BCUT2D eigenvalue weighted by atomic mass is 9.90. The van der Waals surface area contributed by atoms with Crippen molar-refractivity contribution >= 4 is 26.9 Å². The molecule has 0 spiro atoms. The van der Waals surface area contributed by atoms with E-state index in [-0.39, 0.29) is 16.6 Å². The number of aromatic nitrogens is 2. The van der Waals surface area contributed by atoms with Crippen molar-refractivity contribution in [1.29, 1.82) is 0 Å². The van der Waals surface area contributed by atoms with Gasteiger partial charge in [0.05, 0.1) is 22.5 Å². The number of ether oxygens (including phenoxy) is 1. The van der Waals surface area contributed by atoms with Gasteiger partial charge in [-0.1, -0.05) is 49.6 Å². The summed E-state index contributed by atoms with van der Waals surface area (Å²) in [4.78, 5) is 9.27. The summed E-state index contributed by atoms with van der Waals surface area (Å²) in [5.41, 5.74) is 1.95. The number of fused-ring (bicyclic) bond motifs is 1. The molecule has 152 valence electrons. The van der Waals surface area contributed by atoms with Gasteiger partial charge in [0.15, 0.2) is 0 Å². The van der Waals surface area contributed by atoms with E-state index in [1.165, 1.54) is 19.3 Å². The molecule has 1 fully saturated rings. The Morgan fingerprint density at radius 3 is 2.34 bits per heavy atom. The van der Waals surface area contributed by atoms with E-state index in [9.17, 15) is 8.42 Å². The molecular formula is C22H25N3O3S. The molecule has 0 atom stereocenters. The fourth-order valence-corrected chi connectivity index (χ4v) is 4.99. The lowest BCUT2D eigenvalue weighted by Gasteiger charge is -2.22. The van der Waals surface area contributed by atoms with Gasteiger partial charge in [0, 0.05) is 0 Å². The second-order valence-electron chi connectivity index (χ2n) is 7.55. The molecule has 1 aromatic heterocycles. The van der Waals surface area contributed by atoms with Crippen molar-refractivity contribution in [3.63, 3.8) is 0 Å². The monoisotopic (exact) mass is 411 g/mol. The average molecular weight is 412 g/mol. The molecule has 0 unspecified atom stereocenters. The quantitative estimate of drug-likeness (QED) is 0.636. The zero-order valence-electron chi connectivity index (χ0n) is 16.5. The Kier molecular flexibility index (Phi) is 5.67. The molecule has 0 amide bonds. The van der Waals surface area contributed by atoms with Gasteiger partial charge in [-0.15, -0.1) is 0 Å². The molecule has 4 rings (SSSR count). The Bertz CT molecular complexity index is 1110. The Morgan fingerprint density at radius 1 is 0.966 bits per heavy atom. The third-order valence-electron chi connectivity index (χ3n) is 5.33. The van der Waals surface area contributed by atoms with Crippen molar-refractivity contribution in [3.05, 3.63) is 54.1 Å². The highest BCUT2D eigenvalue weighted by Crippen LogP contribution is 2.29. The van der Waals surface area contributed by atoms with Crippen molar-refractivity contribution < 1.29 is 13.2 Å². The molecule has 1 saturated carbocycles. The average Bonchev–Trinajstić information content (AvgIpc) is 2.73. The van der Waals surface area contributed by atoms with Crippen LogP contribution in [0.1, 0.15) is 37.7 Å². The van der Waals surface area contributed by atoms with Crippen molar-refractivity contribution in [2.24, 2.45) is 5.92 Å². The van der Waals surface area contributed by atoms with Crippen LogP contribution in [0.15, 0.2) is 53.4 Å². The van der Waals surface area contributed by atoms with E-state index < -0.39 is 10.0 Å². The van der Waals surface area contributed by atoms with Crippen LogP contribution in [0.3, 0.4) is 0 Å². The van der Waals surface area contributed by atoms with Gasteiger partial charge in [-0.25, -0.2) is 18.4 Å². The maximum atomic E-state index is 13.0. The van der Waals surface area contributed by atoms with Gasteiger partial charge in [-0.2, -0.15) is 0 Å². The van der Waals surface area contributed by atoms with Crippen LogP contribution in [-0.4, -0.2) is 25.0 Å². The van der Waals surface area contributed by atoms with Crippen molar-refractivity contribution in [1.82, 2.24) is 9.97 Å². The minimum atomic E-state index is -3.81. The summed E-state index contributed by atoms with van der Waals surface area (Å²) in [7, 11) is -3.81. The van der Waals surface area contributed by atoms with Crippen LogP contribution < -0.4 is 9.46 Å². The number of rotatable bonds is 6. The molecule has 29 heavy (non-hydrogen) atoms. The van der Waals surface area contributed by atoms with E-state index in [1.54, 1.807) is 31.2 Å². The molecule has 7 heteroatoms. The number of para-hydroxylation sites is 2. The zero-order chi connectivity index (χ0) is 20.3. The van der Waals surface area contributed by atoms with Crippen LogP contribution in [-0.2, 0) is 10.0 Å². The number of hydrogen-bond acceptors (Lipinski definition) is 5. The SMILES string of the molecule is Cc1ccccc1S(=O)(=O)Nc1nc2ccccc2nc1OCC1CCCCC1. The molecule has 0 radical (unpaired) electrons. The minimum Gasteiger partial charge on any atom is -0.475 e. The summed E-state index contributed by atoms with van der Waals surface area (Å²) in [5, 5.41) is 0. The second-order valence-corrected chi connectivity index (χ2v) is 9.20. The molecule has 6 nitrogen and oxygen atoms in total. The molecule has 0 saturated heterocycles. The van der Waals surface area contributed by atoms with Crippen LogP contribution in [0.5, 0.6) is 5.88 Å². The second kappa shape index (κ2) is 8.37. The maximum absolute atomic E-state index is 13.0. The van der Waals surface area contributed by atoms with E-state index in [2.05, 4.69) is 14.7 Å². The van der Waals surface area contributed by atoms with Gasteiger partial charge in [-0.3, -0.25) is 4.72 Å². The Hall–Kier alpha value is -2.67. The van der Waals surface area contributed by atoms with Crippen LogP contribution in [0, 0.1) is 12.8 Å². The largest absolute Gasteiger partial charge is 0.475 e. The third kappa shape index (κ3) is 4.50. The van der Waals surface area contributed by atoms with Crippen LogP contribution in [0.2, 0.25) is 0 Å². The van der Waals surface area contributed by atoms with E-state index in [0.29, 0.717) is 29.1 Å². The van der Waals surface area contributed by atoms with E-state index >= 15 is 0 Å². The summed E-state index contributed by atoms with van der Waals surface area (Å²) in [5.74, 6) is 0.826. The van der Waals surface area contributed by atoms with E-state index in [4.69, 9.17) is 4.74 Å². The van der Waals surface area contributed by atoms with Gasteiger partial charge < -0.3 is 4.74 Å². The lowest BCUT2D eigenvalue weighted by Crippen LogP contribution is -2.19. The van der Waals surface area contributed by atoms with Crippen LogP contribution >= 0.6 is 0 Å². The standard InChI is InChI=1S/C22H25N3O3S/c1-16-9-5-8-14-20(16)29(26,27)25-21-22(28-15-17-10-3-2-4-11-17)24-19-13-7-6-12-18(19)23-21/h5-9,12-14,17H,2-4,10-11,15H2,1H3,(H,23,25). The van der Waals surface area contributed by atoms with Gasteiger partial charge in [0.1, 0.15) is 0 Å². The Labute approximate surface area is 171 Å². The van der Waals surface area contributed by atoms with Gasteiger partial charge in [0.25, 0.3) is 15.9 Å². The van der Waals surface area contributed by atoms with E-state index in [1.807, 2.05) is 24.3 Å². The normalized spacial score (nSPS) is 15.3. The fourth-order valence-electron chi connectivity index (χ4n) is 3.74. The summed E-state index contributed by atoms with van der Waals surface area (Å²) < 4.78 is 34.6. The van der Waals surface area contributed by atoms with Crippen LogP contribution in [0.25, 0.3) is 11.0 Å². The maximum Gasteiger partial charge on any atom is 0.263 e. The molecule has 0 bridgehead atoms. The first-order valence-electron chi connectivity index (χ1n) is 10.0. The van der Waals surface area contributed by atoms with Crippen LogP contribution in [0.4, 0.5) is 5.82 Å². The third-order valence-corrected chi connectivity index (χ3v) is 6.83. The Morgan fingerprint density at radius 2 is 1.62 bits per heavy atom. The van der Waals surface area contributed by atoms with Gasteiger partial charge in [0.2, 0.25) is 5.82 Å². The predicted octanol–water partition coefficient (Wildman–Crippen LogP) is 4.70. The number of nitrogens with one attached hydrogen (secondary N) is 1. The minimum absolute atomic E-state index is 0.128. The number of aryl methyl sites for hydroxylation is 1.